The molecule has 0 saturated carbocycles. The van der Waals surface area contributed by atoms with Crippen LogP contribution in [0.25, 0.3) is 0 Å². The highest BCUT2D eigenvalue weighted by Crippen LogP contribution is 2.41. The van der Waals surface area contributed by atoms with Gasteiger partial charge in [-0.05, 0) is 121 Å². The lowest BCUT2D eigenvalue weighted by Gasteiger charge is -2.37. The first kappa shape index (κ1) is 42.0. The van der Waals surface area contributed by atoms with Gasteiger partial charge in [0.05, 0.1) is 21.8 Å². The SMILES string of the molecule is Cc1nccc(Oc2ccc(CCNC(=O)C3Cc4cc5c(cc4CN3Cc3ccccn3)OC(c3ccc(OCc4ccc(Cl)c(Cl)c4)cc3)CO5)cc2)c1C.O=CO. The van der Waals surface area contributed by atoms with Crippen LogP contribution >= 0.6 is 23.2 Å². The number of pyridine rings is 2. The van der Waals surface area contributed by atoms with Crippen molar-refractivity contribution in [2.24, 2.45) is 0 Å². The fraction of sp³-hybridized carbons (Fsp3) is 0.234. The van der Waals surface area contributed by atoms with Crippen LogP contribution in [0.5, 0.6) is 28.7 Å². The summed E-state index contributed by atoms with van der Waals surface area (Å²) in [6.45, 7) is 6.06. The van der Waals surface area contributed by atoms with E-state index in [4.69, 9.17) is 52.1 Å². The number of nitrogens with one attached hydrogen (secondary N) is 1. The van der Waals surface area contributed by atoms with Gasteiger partial charge in [-0.2, -0.15) is 0 Å². The number of hydrogen-bond donors (Lipinski definition) is 2. The number of carbonyl (C=O) groups is 2. The molecule has 0 bridgehead atoms. The molecule has 11 nitrogen and oxygen atoms in total. The van der Waals surface area contributed by atoms with Crippen LogP contribution in [0.4, 0.5) is 0 Å². The van der Waals surface area contributed by atoms with Crippen molar-refractivity contribution in [3.63, 3.8) is 0 Å². The van der Waals surface area contributed by atoms with E-state index in [0.717, 1.165) is 62.0 Å². The van der Waals surface area contributed by atoms with E-state index in [-0.39, 0.29) is 24.5 Å². The van der Waals surface area contributed by atoms with Gasteiger partial charge in [-0.15, -0.1) is 0 Å². The molecule has 2 aliphatic heterocycles. The number of benzene rings is 4. The molecule has 0 fully saturated rings. The van der Waals surface area contributed by atoms with Gasteiger partial charge in [0.15, 0.2) is 17.6 Å². The molecule has 8 rings (SSSR count). The van der Waals surface area contributed by atoms with Crippen molar-refractivity contribution in [1.82, 2.24) is 20.2 Å². The van der Waals surface area contributed by atoms with Crippen LogP contribution in [0.2, 0.25) is 10.0 Å². The molecule has 4 heterocycles. The molecule has 0 radical (unpaired) electrons. The maximum atomic E-state index is 13.9. The number of carboxylic acid groups (broad SMARTS) is 1. The second-order valence-electron chi connectivity index (χ2n) is 14.4. The molecule has 2 atom stereocenters. The quantitative estimate of drug-likeness (QED) is 0.115. The van der Waals surface area contributed by atoms with Crippen molar-refractivity contribution in [2.75, 3.05) is 13.2 Å². The summed E-state index contributed by atoms with van der Waals surface area (Å²) in [4.78, 5) is 33.3. The van der Waals surface area contributed by atoms with Crippen molar-refractivity contribution in [3.8, 4) is 28.7 Å². The molecule has 60 heavy (non-hydrogen) atoms. The van der Waals surface area contributed by atoms with Crippen LogP contribution in [0, 0.1) is 13.8 Å². The molecular formula is C47H44Cl2N4O7. The largest absolute Gasteiger partial charge is 0.489 e. The summed E-state index contributed by atoms with van der Waals surface area (Å²) in [5, 5.41) is 11.1. The highest BCUT2D eigenvalue weighted by atomic mass is 35.5. The fourth-order valence-electron chi connectivity index (χ4n) is 7.10. The molecule has 13 heteroatoms. The lowest BCUT2D eigenvalue weighted by atomic mass is 9.92. The van der Waals surface area contributed by atoms with Crippen LogP contribution in [0.15, 0.2) is 116 Å². The van der Waals surface area contributed by atoms with E-state index in [0.29, 0.717) is 67.2 Å². The van der Waals surface area contributed by atoms with Crippen molar-refractivity contribution >= 4 is 35.6 Å². The Hall–Kier alpha value is -6.14. The Balaban J connectivity index is 0.00000176. The van der Waals surface area contributed by atoms with Gasteiger partial charge in [0, 0.05) is 43.3 Å². The summed E-state index contributed by atoms with van der Waals surface area (Å²) in [7, 11) is 0. The molecule has 2 aliphatic rings. The van der Waals surface area contributed by atoms with Gasteiger partial charge >= 0.3 is 0 Å². The van der Waals surface area contributed by atoms with E-state index in [1.54, 1.807) is 24.5 Å². The molecule has 0 spiro atoms. The molecule has 2 N–H and O–H groups in total. The standard InChI is InChI=1S/C46H42Cl2N4O5.CH2O2/c1-29-30(2)49-20-17-42(29)56-38-11-6-31(7-12-38)16-19-51-46(53)41-22-34-23-43-44(24-35(34)25-52(41)26-36-5-3-4-18-50-36)57-45(28-55-43)33-9-13-37(14-10-33)54-27-32-8-15-39(47)40(48)21-32;2-1-3/h3-15,17-18,20-21,23-24,41,45H,16,19,22,25-28H2,1-2H3,(H,51,53);1H,(H,2,3). The minimum absolute atomic E-state index is 0.0144. The average Bonchev–Trinajstić information content (AvgIpc) is 3.26. The molecule has 0 saturated heterocycles. The molecule has 0 aliphatic carbocycles. The number of nitrogens with zero attached hydrogens (tertiary/aromatic N) is 3. The lowest BCUT2D eigenvalue weighted by molar-refractivity contribution is -0.127. The second kappa shape index (κ2) is 19.7. The van der Waals surface area contributed by atoms with Crippen molar-refractivity contribution in [2.45, 2.75) is 58.5 Å². The minimum atomic E-state index is -0.380. The molecule has 6 aromatic rings. The summed E-state index contributed by atoms with van der Waals surface area (Å²) in [6.07, 6.45) is 4.48. The zero-order valence-electron chi connectivity index (χ0n) is 33.1. The minimum Gasteiger partial charge on any atom is -0.489 e. The summed E-state index contributed by atoms with van der Waals surface area (Å²) >= 11 is 12.2. The van der Waals surface area contributed by atoms with Crippen LogP contribution in [-0.4, -0.2) is 51.5 Å². The summed E-state index contributed by atoms with van der Waals surface area (Å²) in [5.41, 5.74) is 8.06. The third-order valence-corrected chi connectivity index (χ3v) is 11.2. The Labute approximate surface area is 358 Å². The number of ether oxygens (including phenoxy) is 4. The number of amides is 1. The Morgan fingerprint density at radius 3 is 2.38 bits per heavy atom. The Morgan fingerprint density at radius 1 is 0.883 bits per heavy atom. The van der Waals surface area contributed by atoms with Crippen molar-refractivity contribution < 1.29 is 33.6 Å². The van der Waals surface area contributed by atoms with Crippen molar-refractivity contribution in [3.05, 3.63) is 170 Å². The number of hydrogen-bond acceptors (Lipinski definition) is 9. The first-order chi connectivity index (χ1) is 29.2. The average molecular weight is 848 g/mol. The van der Waals surface area contributed by atoms with Crippen molar-refractivity contribution in [1.29, 1.82) is 0 Å². The van der Waals surface area contributed by atoms with Gasteiger partial charge in [-0.1, -0.05) is 59.6 Å². The third kappa shape index (κ3) is 10.5. The summed E-state index contributed by atoms with van der Waals surface area (Å²) < 4.78 is 24.9. The predicted molar refractivity (Wildman–Crippen MR) is 229 cm³/mol. The van der Waals surface area contributed by atoms with E-state index in [1.807, 2.05) is 98.8 Å². The topological polar surface area (TPSA) is 132 Å². The van der Waals surface area contributed by atoms with E-state index < -0.39 is 0 Å². The summed E-state index contributed by atoms with van der Waals surface area (Å²) in [5.74, 6) is 3.64. The summed E-state index contributed by atoms with van der Waals surface area (Å²) in [6, 6.07) is 32.8. The Morgan fingerprint density at radius 2 is 1.63 bits per heavy atom. The molecule has 1 amide bonds. The molecule has 4 aromatic carbocycles. The fourth-order valence-corrected chi connectivity index (χ4v) is 7.42. The zero-order valence-corrected chi connectivity index (χ0v) is 34.7. The van der Waals surface area contributed by atoms with E-state index in [1.165, 1.54) is 0 Å². The van der Waals surface area contributed by atoms with Gasteiger partial charge < -0.3 is 29.4 Å². The Bertz CT molecular complexity index is 2420. The highest BCUT2D eigenvalue weighted by Gasteiger charge is 2.34. The predicted octanol–water partition coefficient (Wildman–Crippen LogP) is 9.27. The molecule has 308 valence electrons. The number of aromatic nitrogens is 2. The molecule has 2 aromatic heterocycles. The normalized spacial score (nSPS) is 15.5. The number of fused-ring (bicyclic) bond motifs is 2. The monoisotopic (exact) mass is 846 g/mol. The van der Waals surface area contributed by atoms with Gasteiger partial charge in [0.25, 0.3) is 6.47 Å². The van der Waals surface area contributed by atoms with Crippen LogP contribution in [-0.2, 0) is 42.1 Å². The smallest absolute Gasteiger partial charge is 0.290 e. The van der Waals surface area contributed by atoms with Crippen LogP contribution < -0.4 is 24.3 Å². The van der Waals surface area contributed by atoms with Gasteiger partial charge in [-0.25, -0.2) is 0 Å². The zero-order chi connectivity index (χ0) is 42.0. The molecular weight excluding hydrogens is 803 g/mol. The second-order valence-corrected chi connectivity index (χ2v) is 15.3. The Kier molecular flexibility index (Phi) is 13.8. The van der Waals surface area contributed by atoms with E-state index in [9.17, 15) is 4.79 Å². The maximum absolute atomic E-state index is 13.9. The third-order valence-electron chi connectivity index (χ3n) is 10.5. The van der Waals surface area contributed by atoms with Gasteiger partial charge in [-0.3, -0.25) is 24.5 Å². The number of rotatable bonds is 12. The van der Waals surface area contributed by atoms with Gasteiger partial charge in [0.2, 0.25) is 5.91 Å². The lowest BCUT2D eigenvalue weighted by Crippen LogP contribution is -2.50. The van der Waals surface area contributed by atoms with Gasteiger partial charge in [0.1, 0.15) is 30.5 Å². The van der Waals surface area contributed by atoms with E-state index in [2.05, 4.69) is 26.3 Å². The highest BCUT2D eigenvalue weighted by molar-refractivity contribution is 6.42. The number of carbonyl (C=O) groups excluding carboxylic acids is 1. The first-order valence-corrected chi connectivity index (χ1v) is 20.2. The first-order valence-electron chi connectivity index (χ1n) is 19.5. The number of aryl methyl sites for hydroxylation is 1. The van der Waals surface area contributed by atoms with Crippen LogP contribution in [0.3, 0.4) is 0 Å². The molecule has 2 unspecified atom stereocenters. The maximum Gasteiger partial charge on any atom is 0.290 e. The van der Waals surface area contributed by atoms with Crippen LogP contribution in [0.1, 0.15) is 50.9 Å². The van der Waals surface area contributed by atoms with E-state index >= 15 is 0 Å². The number of halogens is 2.